The molecule has 0 spiro atoms. The molecule has 0 saturated carbocycles. The van der Waals surface area contributed by atoms with Gasteiger partial charge in [0.1, 0.15) is 5.75 Å². The maximum atomic E-state index is 11.9. The van der Waals surface area contributed by atoms with Crippen molar-refractivity contribution in [1.29, 1.82) is 0 Å². The number of carbonyl (C=O) groups excluding carboxylic acids is 1. The Labute approximate surface area is 145 Å². The molecule has 0 N–H and O–H groups in total. The molecule has 2 aliphatic rings. The van der Waals surface area contributed by atoms with Gasteiger partial charge in [0.2, 0.25) is 5.91 Å². The van der Waals surface area contributed by atoms with Crippen LogP contribution in [0.4, 0.5) is 0 Å². The molecule has 1 atom stereocenters. The highest BCUT2D eigenvalue weighted by molar-refractivity contribution is 5.73. The summed E-state index contributed by atoms with van der Waals surface area (Å²) >= 11 is 0. The van der Waals surface area contributed by atoms with E-state index in [2.05, 4.69) is 29.0 Å². The summed E-state index contributed by atoms with van der Waals surface area (Å²) in [6.07, 6.45) is 2.39. The van der Waals surface area contributed by atoms with Crippen molar-refractivity contribution in [1.82, 2.24) is 14.7 Å². The van der Waals surface area contributed by atoms with Crippen molar-refractivity contribution in [2.24, 2.45) is 0 Å². The molecule has 2 fully saturated rings. The van der Waals surface area contributed by atoms with E-state index in [1.165, 1.54) is 18.4 Å². The minimum atomic E-state index is 0.165. The first-order valence-corrected chi connectivity index (χ1v) is 8.93. The fraction of sp³-hybridized carbons (Fsp3) is 0.632. The van der Waals surface area contributed by atoms with Gasteiger partial charge in [0, 0.05) is 38.2 Å². The van der Waals surface area contributed by atoms with E-state index in [1.54, 1.807) is 14.0 Å². The maximum absolute atomic E-state index is 11.9. The first-order chi connectivity index (χ1) is 11.6. The Bertz CT molecular complexity index is 569. The van der Waals surface area contributed by atoms with E-state index < -0.39 is 0 Å². The standard InChI is InChI=1S/C19H29N3O2/c1-15(23)21-12-13-22(16-8-10-20(2)11-9-16)18(14-21)17-6-4-5-7-19(17)24-3/h4-7,16,18H,8-14H2,1-3H3/t18-/m1/s1. The Morgan fingerprint density at radius 2 is 1.83 bits per heavy atom. The Morgan fingerprint density at radius 1 is 1.12 bits per heavy atom. The summed E-state index contributed by atoms with van der Waals surface area (Å²) in [7, 11) is 3.92. The molecule has 5 nitrogen and oxygen atoms in total. The Kier molecular flexibility index (Phi) is 5.41. The van der Waals surface area contributed by atoms with Crippen LogP contribution in [0.2, 0.25) is 0 Å². The van der Waals surface area contributed by atoms with E-state index in [0.717, 1.165) is 38.5 Å². The first-order valence-electron chi connectivity index (χ1n) is 8.93. The molecule has 132 valence electrons. The second kappa shape index (κ2) is 7.53. The van der Waals surface area contributed by atoms with Crippen LogP contribution in [0, 0.1) is 0 Å². The van der Waals surface area contributed by atoms with Gasteiger partial charge in [0.25, 0.3) is 0 Å². The van der Waals surface area contributed by atoms with Gasteiger partial charge in [-0.2, -0.15) is 0 Å². The number of benzene rings is 1. The van der Waals surface area contributed by atoms with E-state index in [9.17, 15) is 4.79 Å². The molecule has 0 aromatic heterocycles. The van der Waals surface area contributed by atoms with Gasteiger partial charge < -0.3 is 14.5 Å². The van der Waals surface area contributed by atoms with Crippen molar-refractivity contribution in [2.45, 2.75) is 31.8 Å². The zero-order chi connectivity index (χ0) is 17.1. The largest absolute Gasteiger partial charge is 0.496 e. The number of methoxy groups -OCH3 is 1. The van der Waals surface area contributed by atoms with Crippen molar-refractivity contribution in [3.8, 4) is 5.75 Å². The van der Waals surface area contributed by atoms with Gasteiger partial charge in [-0.15, -0.1) is 0 Å². The summed E-state index contributed by atoms with van der Waals surface area (Å²) in [6.45, 7) is 6.49. The summed E-state index contributed by atoms with van der Waals surface area (Å²) in [5.41, 5.74) is 1.20. The molecule has 1 amide bonds. The zero-order valence-electron chi connectivity index (χ0n) is 15.1. The average molecular weight is 331 g/mol. The lowest BCUT2D eigenvalue weighted by molar-refractivity contribution is -0.132. The smallest absolute Gasteiger partial charge is 0.219 e. The van der Waals surface area contributed by atoms with E-state index in [4.69, 9.17) is 4.74 Å². The number of ether oxygens (including phenoxy) is 1. The fourth-order valence-electron chi connectivity index (χ4n) is 4.07. The number of amides is 1. The number of hydrogen-bond donors (Lipinski definition) is 0. The lowest BCUT2D eigenvalue weighted by Gasteiger charge is -2.47. The number of likely N-dealkylation sites (tertiary alicyclic amines) is 1. The van der Waals surface area contributed by atoms with Crippen LogP contribution in [0.15, 0.2) is 24.3 Å². The first kappa shape index (κ1) is 17.2. The molecule has 0 aliphatic carbocycles. The molecule has 24 heavy (non-hydrogen) atoms. The number of piperidine rings is 1. The van der Waals surface area contributed by atoms with Crippen molar-refractivity contribution >= 4 is 5.91 Å². The van der Waals surface area contributed by atoms with Crippen LogP contribution in [0.1, 0.15) is 31.4 Å². The predicted molar refractivity (Wildman–Crippen MR) is 95.2 cm³/mol. The van der Waals surface area contributed by atoms with Crippen LogP contribution < -0.4 is 4.74 Å². The van der Waals surface area contributed by atoms with Crippen LogP contribution >= 0.6 is 0 Å². The van der Waals surface area contributed by atoms with Gasteiger partial charge in [-0.25, -0.2) is 0 Å². The Morgan fingerprint density at radius 3 is 2.50 bits per heavy atom. The summed E-state index contributed by atoms with van der Waals surface area (Å²) in [5.74, 6) is 1.09. The van der Waals surface area contributed by atoms with Gasteiger partial charge >= 0.3 is 0 Å². The third kappa shape index (κ3) is 3.57. The molecule has 0 bridgehead atoms. The Balaban J connectivity index is 1.87. The Hall–Kier alpha value is -1.59. The minimum Gasteiger partial charge on any atom is -0.496 e. The van der Waals surface area contributed by atoms with Crippen LogP contribution in [0.5, 0.6) is 5.75 Å². The number of piperazine rings is 1. The normalized spacial score (nSPS) is 24.1. The van der Waals surface area contributed by atoms with Crippen LogP contribution in [-0.2, 0) is 4.79 Å². The van der Waals surface area contributed by atoms with Gasteiger partial charge in [-0.3, -0.25) is 9.69 Å². The van der Waals surface area contributed by atoms with Crippen molar-refractivity contribution < 1.29 is 9.53 Å². The second-order valence-electron chi connectivity index (χ2n) is 7.00. The summed E-state index contributed by atoms with van der Waals surface area (Å²) in [6, 6.07) is 9.05. The van der Waals surface area contributed by atoms with E-state index in [0.29, 0.717) is 6.04 Å². The van der Waals surface area contributed by atoms with Crippen molar-refractivity contribution in [2.75, 3.05) is 46.9 Å². The molecule has 5 heteroatoms. The monoisotopic (exact) mass is 331 g/mol. The zero-order valence-corrected chi connectivity index (χ0v) is 15.1. The highest BCUT2D eigenvalue weighted by Gasteiger charge is 2.36. The quantitative estimate of drug-likeness (QED) is 0.849. The van der Waals surface area contributed by atoms with E-state index in [1.807, 2.05) is 17.0 Å². The maximum Gasteiger partial charge on any atom is 0.219 e. The minimum absolute atomic E-state index is 0.165. The molecule has 0 radical (unpaired) electrons. The number of rotatable bonds is 3. The van der Waals surface area contributed by atoms with Crippen molar-refractivity contribution in [3.05, 3.63) is 29.8 Å². The molecule has 3 rings (SSSR count). The second-order valence-corrected chi connectivity index (χ2v) is 7.00. The summed E-state index contributed by atoms with van der Waals surface area (Å²) < 4.78 is 5.61. The van der Waals surface area contributed by atoms with E-state index in [-0.39, 0.29) is 11.9 Å². The number of hydrogen-bond acceptors (Lipinski definition) is 4. The summed E-state index contributed by atoms with van der Waals surface area (Å²) in [5, 5.41) is 0. The van der Waals surface area contributed by atoms with Gasteiger partial charge in [-0.05, 0) is 39.0 Å². The van der Waals surface area contributed by atoms with Gasteiger partial charge in [-0.1, -0.05) is 18.2 Å². The third-order valence-corrected chi connectivity index (χ3v) is 5.52. The van der Waals surface area contributed by atoms with Crippen LogP contribution in [0.25, 0.3) is 0 Å². The highest BCUT2D eigenvalue weighted by atomic mass is 16.5. The lowest BCUT2D eigenvalue weighted by atomic mass is 9.95. The molecule has 1 aromatic carbocycles. The van der Waals surface area contributed by atoms with Crippen LogP contribution in [0.3, 0.4) is 0 Å². The number of para-hydroxylation sites is 1. The third-order valence-electron chi connectivity index (χ3n) is 5.52. The number of nitrogens with zero attached hydrogens (tertiary/aromatic N) is 3. The van der Waals surface area contributed by atoms with Crippen LogP contribution in [-0.4, -0.2) is 73.5 Å². The number of carbonyl (C=O) groups is 1. The predicted octanol–water partition coefficient (Wildman–Crippen LogP) is 1.99. The average Bonchev–Trinajstić information content (AvgIpc) is 2.62. The molecular weight excluding hydrogens is 302 g/mol. The van der Waals surface area contributed by atoms with Gasteiger partial charge in [0.15, 0.2) is 0 Å². The summed E-state index contributed by atoms with van der Waals surface area (Å²) in [4.78, 5) is 18.9. The molecule has 2 heterocycles. The topological polar surface area (TPSA) is 36.0 Å². The molecule has 2 aliphatic heterocycles. The van der Waals surface area contributed by atoms with Crippen molar-refractivity contribution in [3.63, 3.8) is 0 Å². The highest BCUT2D eigenvalue weighted by Crippen LogP contribution is 2.35. The molecule has 1 aromatic rings. The molecule has 0 unspecified atom stereocenters. The van der Waals surface area contributed by atoms with E-state index >= 15 is 0 Å². The van der Waals surface area contributed by atoms with Gasteiger partial charge in [0.05, 0.1) is 13.2 Å². The SMILES string of the molecule is COc1ccccc1[C@H]1CN(C(C)=O)CCN1C1CCN(C)CC1. The molecule has 2 saturated heterocycles. The molecular formula is C19H29N3O2. The fourth-order valence-corrected chi connectivity index (χ4v) is 4.07. The lowest BCUT2D eigenvalue weighted by Crippen LogP contribution is -2.55.